The van der Waals surface area contributed by atoms with Crippen LogP contribution in [0, 0.1) is 5.82 Å². The molecule has 0 spiro atoms. The van der Waals surface area contributed by atoms with Gasteiger partial charge in [0.1, 0.15) is 11.6 Å². The van der Waals surface area contributed by atoms with E-state index in [-0.39, 0.29) is 11.7 Å². The fourth-order valence-electron chi connectivity index (χ4n) is 2.41. The van der Waals surface area contributed by atoms with Gasteiger partial charge in [-0.1, -0.05) is 18.2 Å². The fourth-order valence-corrected chi connectivity index (χ4v) is 2.41. The van der Waals surface area contributed by atoms with Gasteiger partial charge in [0, 0.05) is 18.7 Å². The number of ether oxygens (including phenoxy) is 1. The van der Waals surface area contributed by atoms with Gasteiger partial charge in [0.15, 0.2) is 0 Å². The fraction of sp³-hybridized carbons (Fsp3) is 0.188. The van der Waals surface area contributed by atoms with E-state index in [1.54, 1.807) is 18.1 Å². The molecule has 1 heterocycles. The molecular formula is C16H14FNO2. The Morgan fingerprint density at radius 3 is 2.65 bits per heavy atom. The van der Waals surface area contributed by atoms with Crippen molar-refractivity contribution in [1.82, 2.24) is 4.90 Å². The quantitative estimate of drug-likeness (QED) is 0.859. The van der Waals surface area contributed by atoms with E-state index in [0.29, 0.717) is 18.7 Å². The summed E-state index contributed by atoms with van der Waals surface area (Å²) >= 11 is 0. The van der Waals surface area contributed by atoms with Crippen molar-refractivity contribution < 1.29 is 13.9 Å². The Morgan fingerprint density at radius 1 is 1.20 bits per heavy atom. The summed E-state index contributed by atoms with van der Waals surface area (Å²) in [5, 5.41) is 0. The average Bonchev–Trinajstić information content (AvgIpc) is 2.76. The number of hydrogen-bond donors (Lipinski definition) is 0. The van der Waals surface area contributed by atoms with Gasteiger partial charge in [0.05, 0.1) is 7.11 Å². The predicted octanol–water partition coefficient (Wildman–Crippen LogP) is 2.99. The first-order valence-electron chi connectivity index (χ1n) is 6.38. The molecule has 3 nitrogen and oxygen atoms in total. The lowest BCUT2D eigenvalue weighted by molar-refractivity contribution is 0.0766. The van der Waals surface area contributed by atoms with Crippen LogP contribution in [-0.4, -0.2) is 17.9 Å². The zero-order valence-corrected chi connectivity index (χ0v) is 11.1. The lowest BCUT2D eigenvalue weighted by Crippen LogP contribution is -2.23. The topological polar surface area (TPSA) is 29.5 Å². The largest absolute Gasteiger partial charge is 0.497 e. The second kappa shape index (κ2) is 4.96. The van der Waals surface area contributed by atoms with Crippen LogP contribution in [0.3, 0.4) is 0 Å². The van der Waals surface area contributed by atoms with E-state index in [1.165, 1.54) is 12.1 Å². The number of amides is 1. The van der Waals surface area contributed by atoms with E-state index in [0.717, 1.165) is 16.9 Å². The van der Waals surface area contributed by atoms with Crippen LogP contribution in [0.4, 0.5) is 4.39 Å². The minimum absolute atomic E-state index is 0.115. The van der Waals surface area contributed by atoms with Crippen molar-refractivity contribution in [3.05, 3.63) is 65.0 Å². The summed E-state index contributed by atoms with van der Waals surface area (Å²) in [6.45, 7) is 1.04. The van der Waals surface area contributed by atoms with Crippen molar-refractivity contribution in [3.63, 3.8) is 0 Å². The summed E-state index contributed by atoms with van der Waals surface area (Å²) in [7, 11) is 1.62. The third-order valence-corrected chi connectivity index (χ3v) is 3.48. The van der Waals surface area contributed by atoms with Crippen molar-refractivity contribution >= 4 is 5.91 Å². The van der Waals surface area contributed by atoms with Gasteiger partial charge in [-0.2, -0.15) is 0 Å². The molecule has 0 unspecified atom stereocenters. The standard InChI is InChI=1S/C16H14FNO2/c1-20-14-6-2-11(3-7-14)9-18-10-12-4-5-13(17)8-15(12)16(18)19/h2-8H,9-10H2,1H3. The van der Waals surface area contributed by atoms with Crippen LogP contribution < -0.4 is 4.74 Å². The molecule has 0 radical (unpaired) electrons. The van der Waals surface area contributed by atoms with Crippen LogP contribution in [0.5, 0.6) is 5.75 Å². The van der Waals surface area contributed by atoms with E-state index < -0.39 is 0 Å². The zero-order valence-electron chi connectivity index (χ0n) is 11.1. The van der Waals surface area contributed by atoms with Gasteiger partial charge in [0.2, 0.25) is 0 Å². The molecule has 0 atom stereocenters. The molecule has 1 amide bonds. The molecule has 20 heavy (non-hydrogen) atoms. The highest BCUT2D eigenvalue weighted by molar-refractivity contribution is 5.98. The maximum atomic E-state index is 13.2. The number of methoxy groups -OCH3 is 1. The van der Waals surface area contributed by atoms with E-state index >= 15 is 0 Å². The third kappa shape index (κ3) is 2.25. The zero-order chi connectivity index (χ0) is 14.1. The van der Waals surface area contributed by atoms with E-state index in [9.17, 15) is 9.18 Å². The number of benzene rings is 2. The van der Waals surface area contributed by atoms with E-state index in [4.69, 9.17) is 4.74 Å². The number of rotatable bonds is 3. The first-order valence-corrected chi connectivity index (χ1v) is 6.38. The van der Waals surface area contributed by atoms with Gasteiger partial charge in [-0.15, -0.1) is 0 Å². The second-order valence-electron chi connectivity index (χ2n) is 4.81. The molecule has 0 aliphatic carbocycles. The van der Waals surface area contributed by atoms with Crippen LogP contribution in [0.1, 0.15) is 21.5 Å². The number of carbonyl (C=O) groups excluding carboxylic acids is 1. The molecule has 1 aliphatic rings. The van der Waals surface area contributed by atoms with Gasteiger partial charge in [-0.3, -0.25) is 4.79 Å². The molecule has 4 heteroatoms. The Bertz CT molecular complexity index is 652. The molecule has 1 aliphatic heterocycles. The maximum Gasteiger partial charge on any atom is 0.254 e. The summed E-state index contributed by atoms with van der Waals surface area (Å²) < 4.78 is 18.3. The maximum absolute atomic E-state index is 13.2. The molecule has 0 saturated carbocycles. The van der Waals surface area contributed by atoms with Crippen molar-refractivity contribution in [2.75, 3.05) is 7.11 Å². The smallest absolute Gasteiger partial charge is 0.254 e. The van der Waals surface area contributed by atoms with Gasteiger partial charge in [-0.25, -0.2) is 4.39 Å². The lowest BCUT2D eigenvalue weighted by Gasteiger charge is -2.15. The Labute approximate surface area is 116 Å². The number of fused-ring (bicyclic) bond motifs is 1. The normalized spacial score (nSPS) is 13.5. The Kier molecular flexibility index (Phi) is 3.14. The summed E-state index contributed by atoms with van der Waals surface area (Å²) in [5.74, 6) is 0.297. The van der Waals surface area contributed by atoms with Crippen LogP contribution >= 0.6 is 0 Å². The SMILES string of the molecule is COc1ccc(CN2Cc3ccc(F)cc3C2=O)cc1. The van der Waals surface area contributed by atoms with Crippen molar-refractivity contribution in [2.24, 2.45) is 0 Å². The molecule has 0 bridgehead atoms. The minimum Gasteiger partial charge on any atom is -0.497 e. The summed E-state index contributed by atoms with van der Waals surface area (Å²) in [6, 6.07) is 12.0. The summed E-state index contributed by atoms with van der Waals surface area (Å²) in [4.78, 5) is 13.9. The number of carbonyl (C=O) groups is 1. The molecule has 2 aromatic rings. The molecular weight excluding hydrogens is 257 g/mol. The molecule has 0 N–H and O–H groups in total. The molecule has 2 aromatic carbocycles. The van der Waals surface area contributed by atoms with E-state index in [1.807, 2.05) is 24.3 Å². The van der Waals surface area contributed by atoms with Gasteiger partial charge < -0.3 is 9.64 Å². The molecule has 102 valence electrons. The monoisotopic (exact) mass is 271 g/mol. The first kappa shape index (κ1) is 12.7. The van der Waals surface area contributed by atoms with Crippen molar-refractivity contribution in [1.29, 1.82) is 0 Å². The summed E-state index contributed by atoms with van der Waals surface area (Å²) in [5.41, 5.74) is 2.37. The van der Waals surface area contributed by atoms with Crippen LogP contribution in [-0.2, 0) is 13.1 Å². The first-order chi connectivity index (χ1) is 9.67. The van der Waals surface area contributed by atoms with Gasteiger partial charge >= 0.3 is 0 Å². The molecule has 3 rings (SSSR count). The number of halogens is 1. The van der Waals surface area contributed by atoms with Crippen LogP contribution in [0.15, 0.2) is 42.5 Å². The number of nitrogens with zero attached hydrogens (tertiary/aromatic N) is 1. The molecule has 0 saturated heterocycles. The highest BCUT2D eigenvalue weighted by Gasteiger charge is 2.27. The summed E-state index contributed by atoms with van der Waals surface area (Å²) in [6.07, 6.45) is 0. The van der Waals surface area contributed by atoms with E-state index in [2.05, 4.69) is 0 Å². The predicted molar refractivity (Wildman–Crippen MR) is 73.0 cm³/mol. The minimum atomic E-state index is -0.372. The Balaban J connectivity index is 1.78. The highest BCUT2D eigenvalue weighted by Crippen LogP contribution is 2.25. The third-order valence-electron chi connectivity index (χ3n) is 3.48. The van der Waals surface area contributed by atoms with Gasteiger partial charge in [0.25, 0.3) is 5.91 Å². The van der Waals surface area contributed by atoms with Gasteiger partial charge in [-0.05, 0) is 35.4 Å². The Hall–Kier alpha value is -2.36. The average molecular weight is 271 g/mol. The highest BCUT2D eigenvalue weighted by atomic mass is 19.1. The van der Waals surface area contributed by atoms with Crippen LogP contribution in [0.2, 0.25) is 0 Å². The Morgan fingerprint density at radius 2 is 1.95 bits per heavy atom. The molecule has 0 aromatic heterocycles. The van der Waals surface area contributed by atoms with Crippen molar-refractivity contribution in [2.45, 2.75) is 13.1 Å². The lowest BCUT2D eigenvalue weighted by atomic mass is 10.1. The number of hydrogen-bond acceptors (Lipinski definition) is 2. The molecule has 0 fully saturated rings. The van der Waals surface area contributed by atoms with Crippen LogP contribution in [0.25, 0.3) is 0 Å². The van der Waals surface area contributed by atoms with Crippen molar-refractivity contribution in [3.8, 4) is 5.75 Å². The second-order valence-corrected chi connectivity index (χ2v) is 4.81.